The van der Waals surface area contributed by atoms with Gasteiger partial charge in [-0.2, -0.15) is 0 Å². The topological polar surface area (TPSA) is 61.4 Å². The molecule has 0 unspecified atom stereocenters. The minimum absolute atomic E-state index is 0.0140. The predicted molar refractivity (Wildman–Crippen MR) is 118 cm³/mol. The highest BCUT2D eigenvalue weighted by atomic mass is 16.3. The van der Waals surface area contributed by atoms with Crippen LogP contribution in [0.4, 0.5) is 11.4 Å². The van der Waals surface area contributed by atoms with Gasteiger partial charge in [0, 0.05) is 24.8 Å². The molecule has 0 aliphatic heterocycles. The number of aromatic hydroxyl groups is 1. The number of phenolic OH excluding ortho intramolecular Hbond substituents is 1. The fraction of sp³-hybridized carbons (Fsp3) is 0.458. The Morgan fingerprint density at radius 2 is 1.36 bits per heavy atom. The average Bonchev–Trinajstić information content (AvgIpc) is 2.59. The molecule has 4 heteroatoms. The number of nitrogens with one attached hydrogen (secondary N) is 2. The normalized spacial score (nSPS) is 12.0. The van der Waals surface area contributed by atoms with Crippen molar-refractivity contribution in [2.24, 2.45) is 0 Å². The van der Waals surface area contributed by atoms with Crippen LogP contribution in [0.2, 0.25) is 0 Å². The van der Waals surface area contributed by atoms with Gasteiger partial charge in [0.05, 0.1) is 0 Å². The van der Waals surface area contributed by atoms with E-state index in [4.69, 9.17) is 0 Å². The van der Waals surface area contributed by atoms with Gasteiger partial charge in [0.2, 0.25) is 5.91 Å². The number of hydrogen-bond donors (Lipinski definition) is 3. The molecule has 0 radical (unpaired) electrons. The molecule has 0 aliphatic carbocycles. The first kappa shape index (κ1) is 21.8. The van der Waals surface area contributed by atoms with Gasteiger partial charge in [0.25, 0.3) is 0 Å². The van der Waals surface area contributed by atoms with Crippen LogP contribution in [0.15, 0.2) is 36.4 Å². The maximum absolute atomic E-state index is 12.4. The van der Waals surface area contributed by atoms with E-state index in [1.807, 2.05) is 43.4 Å². The van der Waals surface area contributed by atoms with Crippen LogP contribution in [0.5, 0.6) is 5.75 Å². The Labute approximate surface area is 169 Å². The summed E-state index contributed by atoms with van der Waals surface area (Å²) in [5.41, 5.74) is 4.39. The molecule has 2 aromatic rings. The van der Waals surface area contributed by atoms with Crippen molar-refractivity contribution in [3.8, 4) is 5.75 Å². The van der Waals surface area contributed by atoms with Gasteiger partial charge in [-0.05, 0) is 58.2 Å². The Morgan fingerprint density at radius 1 is 0.893 bits per heavy atom. The van der Waals surface area contributed by atoms with E-state index in [1.165, 1.54) is 0 Å². The molecule has 0 saturated carbocycles. The summed E-state index contributed by atoms with van der Waals surface area (Å²) in [5, 5.41) is 16.8. The average molecular weight is 383 g/mol. The maximum atomic E-state index is 12.4. The van der Waals surface area contributed by atoms with Crippen molar-refractivity contribution in [1.82, 2.24) is 0 Å². The van der Waals surface area contributed by atoms with Crippen molar-refractivity contribution in [3.63, 3.8) is 0 Å². The van der Waals surface area contributed by atoms with Gasteiger partial charge in [-0.15, -0.1) is 0 Å². The summed E-state index contributed by atoms with van der Waals surface area (Å²) < 4.78 is 0. The monoisotopic (exact) mass is 382 g/mol. The summed E-state index contributed by atoms with van der Waals surface area (Å²) in [6.45, 7) is 12.6. The first-order valence-electron chi connectivity index (χ1n) is 9.86. The highest BCUT2D eigenvalue weighted by Crippen LogP contribution is 2.40. The lowest BCUT2D eigenvalue weighted by atomic mass is 9.78. The summed E-state index contributed by atoms with van der Waals surface area (Å²) in [6.07, 6.45) is 1.03. The second-order valence-electron chi connectivity index (χ2n) is 9.42. The van der Waals surface area contributed by atoms with Crippen molar-refractivity contribution in [3.05, 3.63) is 53.1 Å². The van der Waals surface area contributed by atoms with Gasteiger partial charge in [0.1, 0.15) is 5.75 Å². The Bertz CT molecular complexity index is 790. The zero-order chi connectivity index (χ0) is 21.1. The molecule has 0 spiro atoms. The lowest BCUT2D eigenvalue weighted by molar-refractivity contribution is -0.116. The van der Waals surface area contributed by atoms with Gasteiger partial charge < -0.3 is 15.7 Å². The summed E-state index contributed by atoms with van der Waals surface area (Å²) >= 11 is 0. The number of hydrogen-bond acceptors (Lipinski definition) is 3. The fourth-order valence-corrected chi connectivity index (χ4v) is 3.18. The summed E-state index contributed by atoms with van der Waals surface area (Å²) in [5.74, 6) is 0.359. The number of carbonyl (C=O) groups excluding carboxylic acids is 1. The zero-order valence-corrected chi connectivity index (χ0v) is 18.2. The van der Waals surface area contributed by atoms with Crippen LogP contribution in [0.1, 0.15) is 64.7 Å². The zero-order valence-electron chi connectivity index (χ0n) is 18.2. The molecule has 0 fully saturated rings. The number of anilines is 2. The Balaban J connectivity index is 2.17. The van der Waals surface area contributed by atoms with Crippen molar-refractivity contribution < 1.29 is 9.90 Å². The van der Waals surface area contributed by atoms with E-state index in [1.54, 1.807) is 0 Å². The molecule has 28 heavy (non-hydrogen) atoms. The fourth-order valence-electron chi connectivity index (χ4n) is 3.18. The van der Waals surface area contributed by atoms with Crippen LogP contribution < -0.4 is 10.6 Å². The molecule has 0 bridgehead atoms. The maximum Gasteiger partial charge on any atom is 0.224 e. The lowest BCUT2D eigenvalue weighted by Crippen LogP contribution is -2.18. The number of carbonyl (C=O) groups is 1. The molecule has 0 atom stereocenters. The predicted octanol–water partition coefficient (Wildman–Crippen LogP) is 5.60. The number of amides is 1. The Kier molecular flexibility index (Phi) is 6.43. The summed E-state index contributed by atoms with van der Waals surface area (Å²) in [6, 6.07) is 11.7. The molecular weight excluding hydrogens is 348 g/mol. The standard InChI is InChI=1S/C24H34N2O2/c1-23(2,3)19-14-16(15-20(22(19)28)24(4,5)6)8-13-21(27)26-18-11-9-17(25-7)10-12-18/h9-12,14-15,25,28H,8,13H2,1-7H3,(H,26,27). The van der Waals surface area contributed by atoms with Crippen LogP contribution in [0.3, 0.4) is 0 Å². The van der Waals surface area contributed by atoms with Crippen molar-refractivity contribution in [1.29, 1.82) is 0 Å². The minimum atomic E-state index is -0.169. The lowest BCUT2D eigenvalue weighted by Gasteiger charge is -2.28. The minimum Gasteiger partial charge on any atom is -0.507 e. The molecule has 2 aromatic carbocycles. The van der Waals surface area contributed by atoms with Crippen LogP contribution in [-0.4, -0.2) is 18.1 Å². The molecule has 2 rings (SSSR count). The smallest absolute Gasteiger partial charge is 0.224 e. The quantitative estimate of drug-likeness (QED) is 0.631. The molecule has 152 valence electrons. The highest BCUT2D eigenvalue weighted by Gasteiger charge is 2.26. The summed E-state index contributed by atoms with van der Waals surface area (Å²) in [7, 11) is 1.86. The molecule has 0 aromatic heterocycles. The van der Waals surface area contributed by atoms with E-state index in [0.29, 0.717) is 18.6 Å². The molecule has 0 heterocycles. The third kappa shape index (κ3) is 5.51. The number of benzene rings is 2. The highest BCUT2D eigenvalue weighted by molar-refractivity contribution is 5.91. The largest absolute Gasteiger partial charge is 0.507 e. The van der Waals surface area contributed by atoms with Gasteiger partial charge in [0.15, 0.2) is 0 Å². The van der Waals surface area contributed by atoms with Crippen LogP contribution in [-0.2, 0) is 22.0 Å². The Hall–Kier alpha value is -2.49. The third-order valence-corrected chi connectivity index (χ3v) is 4.88. The number of aryl methyl sites for hydroxylation is 1. The molecule has 4 nitrogen and oxygen atoms in total. The van der Waals surface area contributed by atoms with Crippen LogP contribution in [0, 0.1) is 0 Å². The van der Waals surface area contributed by atoms with E-state index >= 15 is 0 Å². The van der Waals surface area contributed by atoms with Crippen molar-refractivity contribution >= 4 is 17.3 Å². The molecule has 0 aliphatic rings. The first-order valence-corrected chi connectivity index (χ1v) is 9.86. The van der Waals surface area contributed by atoms with E-state index in [2.05, 4.69) is 52.2 Å². The van der Waals surface area contributed by atoms with Crippen molar-refractivity contribution in [2.45, 2.75) is 65.2 Å². The van der Waals surface area contributed by atoms with E-state index < -0.39 is 0 Å². The van der Waals surface area contributed by atoms with E-state index in [0.717, 1.165) is 28.1 Å². The molecule has 0 saturated heterocycles. The third-order valence-electron chi connectivity index (χ3n) is 4.88. The van der Waals surface area contributed by atoms with Crippen LogP contribution >= 0.6 is 0 Å². The van der Waals surface area contributed by atoms with E-state index in [-0.39, 0.29) is 16.7 Å². The van der Waals surface area contributed by atoms with Gasteiger partial charge >= 0.3 is 0 Å². The van der Waals surface area contributed by atoms with Crippen molar-refractivity contribution in [2.75, 3.05) is 17.7 Å². The molecule has 1 amide bonds. The van der Waals surface area contributed by atoms with Gasteiger partial charge in [-0.1, -0.05) is 53.7 Å². The van der Waals surface area contributed by atoms with E-state index in [9.17, 15) is 9.90 Å². The first-order chi connectivity index (χ1) is 12.9. The second kappa shape index (κ2) is 8.26. The van der Waals surface area contributed by atoms with Gasteiger partial charge in [-0.25, -0.2) is 0 Å². The van der Waals surface area contributed by atoms with Crippen LogP contribution in [0.25, 0.3) is 0 Å². The number of rotatable bonds is 5. The van der Waals surface area contributed by atoms with Gasteiger partial charge in [-0.3, -0.25) is 4.79 Å². The molecular formula is C24H34N2O2. The molecule has 3 N–H and O–H groups in total. The second-order valence-corrected chi connectivity index (χ2v) is 9.42. The number of phenols is 1. The SMILES string of the molecule is CNc1ccc(NC(=O)CCc2cc(C(C)(C)C)c(O)c(C(C)(C)C)c2)cc1. The Morgan fingerprint density at radius 3 is 1.79 bits per heavy atom. The summed E-state index contributed by atoms with van der Waals surface area (Å²) in [4.78, 5) is 12.4.